The van der Waals surface area contributed by atoms with Crippen molar-refractivity contribution < 1.29 is 9.68 Å². The van der Waals surface area contributed by atoms with E-state index in [2.05, 4.69) is 51.6 Å². The number of aromatic nitrogens is 3. The Labute approximate surface area is 228 Å². The molecule has 0 unspecified atom stereocenters. The van der Waals surface area contributed by atoms with Gasteiger partial charge in [-0.25, -0.2) is 9.97 Å². The Hall–Kier alpha value is -3.52. The second-order valence-corrected chi connectivity index (χ2v) is 11.1. The molecule has 2 heterocycles. The molecular formula is C29H33ClN6O2. The van der Waals surface area contributed by atoms with Gasteiger partial charge in [0, 0.05) is 28.0 Å². The average Bonchev–Trinajstić information content (AvgIpc) is 2.89. The fraction of sp³-hybridized carbons (Fsp3) is 0.414. The minimum atomic E-state index is -0.284. The molecule has 0 bridgehead atoms. The fourth-order valence-electron chi connectivity index (χ4n) is 4.55. The summed E-state index contributed by atoms with van der Waals surface area (Å²) in [6.45, 7) is 6.96. The molecule has 0 saturated heterocycles. The Morgan fingerprint density at radius 3 is 2.29 bits per heavy atom. The van der Waals surface area contributed by atoms with E-state index < -0.39 is 0 Å². The predicted octanol–water partition coefficient (Wildman–Crippen LogP) is 6.42. The van der Waals surface area contributed by atoms with Crippen molar-refractivity contribution in [3.63, 3.8) is 0 Å². The van der Waals surface area contributed by atoms with Crippen LogP contribution in [-0.2, 0) is 22.5 Å². The van der Waals surface area contributed by atoms with Gasteiger partial charge in [0.15, 0.2) is 0 Å². The zero-order chi connectivity index (χ0) is 26.5. The lowest BCUT2D eigenvalue weighted by molar-refractivity contribution is -0.000311. The lowest BCUT2D eigenvalue weighted by Gasteiger charge is -2.23. The number of halogens is 1. The van der Waals surface area contributed by atoms with Crippen LogP contribution in [0.4, 0.5) is 11.6 Å². The third-order valence-corrected chi connectivity index (χ3v) is 6.82. The van der Waals surface area contributed by atoms with Crippen LogP contribution in [0.1, 0.15) is 67.7 Å². The molecule has 38 heavy (non-hydrogen) atoms. The average molecular weight is 533 g/mol. The number of nitrogens with one attached hydrogen (secondary N) is 1. The highest BCUT2D eigenvalue weighted by Gasteiger charge is 2.24. The normalized spacial score (nSPS) is 17.2. The summed E-state index contributed by atoms with van der Waals surface area (Å²) in [5, 5.41) is 12.8. The van der Waals surface area contributed by atoms with E-state index in [-0.39, 0.29) is 5.41 Å². The molecule has 0 fully saturated rings. The molecule has 2 aliphatic rings. The van der Waals surface area contributed by atoms with Crippen LogP contribution in [0.25, 0.3) is 0 Å². The van der Waals surface area contributed by atoms with Gasteiger partial charge in [-0.1, -0.05) is 47.9 Å². The van der Waals surface area contributed by atoms with Crippen LogP contribution < -0.4 is 5.32 Å². The highest BCUT2D eigenvalue weighted by molar-refractivity contribution is 6.30. The first-order chi connectivity index (χ1) is 18.4. The molecule has 1 N–H and O–H groups in total. The van der Waals surface area contributed by atoms with Gasteiger partial charge in [-0.05, 0) is 80.8 Å². The number of hydrogen-bond donors (Lipinski definition) is 1. The van der Waals surface area contributed by atoms with Gasteiger partial charge in [0.2, 0.25) is 5.95 Å². The maximum atomic E-state index is 6.11. The summed E-state index contributed by atoms with van der Waals surface area (Å²) in [7, 11) is 0. The number of rotatable bonds is 8. The Balaban J connectivity index is 1.20. The number of hydrogen-bond acceptors (Lipinski definition) is 8. The number of aryl methyl sites for hydroxylation is 3. The van der Waals surface area contributed by atoms with Gasteiger partial charge in [0.1, 0.15) is 24.6 Å². The molecule has 2 aromatic heterocycles. The molecule has 9 heteroatoms. The van der Waals surface area contributed by atoms with E-state index in [4.69, 9.17) is 26.3 Å². The highest BCUT2D eigenvalue weighted by Crippen LogP contribution is 2.25. The van der Waals surface area contributed by atoms with Gasteiger partial charge < -0.3 is 15.0 Å². The second kappa shape index (κ2) is 11.5. The molecule has 0 radical (unpaired) electrons. The summed E-state index contributed by atoms with van der Waals surface area (Å²) >= 11 is 6.11. The van der Waals surface area contributed by atoms with E-state index in [1.807, 2.05) is 37.4 Å². The van der Waals surface area contributed by atoms with Gasteiger partial charge in [-0.2, -0.15) is 0 Å². The Morgan fingerprint density at radius 2 is 1.58 bits per heavy atom. The van der Waals surface area contributed by atoms with Crippen molar-refractivity contribution in [2.24, 2.45) is 15.7 Å². The minimum absolute atomic E-state index is 0.284. The first-order valence-corrected chi connectivity index (χ1v) is 13.5. The van der Waals surface area contributed by atoms with E-state index in [1.54, 1.807) is 0 Å². The van der Waals surface area contributed by atoms with Crippen LogP contribution in [0.2, 0.25) is 5.02 Å². The Kier molecular flexibility index (Phi) is 7.88. The molecule has 0 aliphatic heterocycles. The minimum Gasteiger partial charge on any atom is -0.395 e. The maximum absolute atomic E-state index is 6.11. The number of pyridine rings is 1. The molecule has 8 nitrogen and oxygen atoms in total. The van der Waals surface area contributed by atoms with Gasteiger partial charge in [0.05, 0.1) is 11.4 Å². The summed E-state index contributed by atoms with van der Waals surface area (Å²) in [4.78, 5) is 25.5. The third-order valence-electron chi connectivity index (χ3n) is 6.59. The van der Waals surface area contributed by atoms with Crippen molar-refractivity contribution in [2.45, 2.75) is 59.3 Å². The summed E-state index contributed by atoms with van der Waals surface area (Å²) in [5.74, 6) is 0.502. The highest BCUT2D eigenvalue weighted by atomic mass is 35.5. The summed E-state index contributed by atoms with van der Waals surface area (Å²) in [6.07, 6.45) is 7.54. The van der Waals surface area contributed by atoms with Gasteiger partial charge in [-0.15, -0.1) is 0 Å². The van der Waals surface area contributed by atoms with Crippen LogP contribution in [0, 0.1) is 12.3 Å². The molecule has 2 aliphatic carbocycles. The van der Waals surface area contributed by atoms with Gasteiger partial charge >= 0.3 is 0 Å². The Bertz CT molecular complexity index is 1370. The lowest BCUT2D eigenvalue weighted by Crippen LogP contribution is -2.25. The van der Waals surface area contributed by atoms with Crippen LogP contribution in [-0.4, -0.2) is 39.6 Å². The quantitative estimate of drug-likeness (QED) is 0.336. The molecule has 0 atom stereocenters. The smallest absolute Gasteiger partial charge is 0.227 e. The fourth-order valence-corrected chi connectivity index (χ4v) is 4.74. The van der Waals surface area contributed by atoms with E-state index in [0.29, 0.717) is 24.2 Å². The standard InChI is InChI=1S/C29H33ClN6O2/c1-19-13-14-20-7-4-11-24(26(20)32-19)35-37-17-29(2,3)18-38-36-25-12-5-8-21-16-31-28(34-27(21)25)33-23-10-6-9-22(30)15-23/h6,9-10,13-16H,4-5,7-8,11-12,17-18H2,1-3H3,(H,31,33,34). The largest absolute Gasteiger partial charge is 0.395 e. The van der Waals surface area contributed by atoms with Gasteiger partial charge in [-0.3, -0.25) is 4.98 Å². The number of nitrogens with zero attached hydrogens (tertiary/aromatic N) is 5. The molecule has 0 spiro atoms. The SMILES string of the molecule is Cc1ccc2c(n1)C(=NOCC(C)(C)CON=C1CCCc3cnc(Nc4cccc(Cl)c4)nc31)CCC2. The molecule has 0 saturated carbocycles. The molecule has 5 rings (SSSR count). The molecular weight excluding hydrogens is 500 g/mol. The maximum Gasteiger partial charge on any atom is 0.227 e. The van der Waals surface area contributed by atoms with Gasteiger partial charge in [0.25, 0.3) is 0 Å². The van der Waals surface area contributed by atoms with Crippen molar-refractivity contribution in [3.8, 4) is 0 Å². The first kappa shape index (κ1) is 26.1. The monoisotopic (exact) mass is 532 g/mol. The summed E-state index contributed by atoms with van der Waals surface area (Å²) in [6, 6.07) is 11.7. The second-order valence-electron chi connectivity index (χ2n) is 10.7. The van der Waals surface area contributed by atoms with Crippen LogP contribution >= 0.6 is 11.6 Å². The molecule has 1 aromatic carbocycles. The van der Waals surface area contributed by atoms with Crippen molar-refractivity contribution >= 4 is 34.7 Å². The number of fused-ring (bicyclic) bond motifs is 2. The topological polar surface area (TPSA) is 93.9 Å². The van der Waals surface area contributed by atoms with Crippen molar-refractivity contribution in [1.29, 1.82) is 0 Å². The zero-order valence-electron chi connectivity index (χ0n) is 22.1. The first-order valence-electron chi connectivity index (χ1n) is 13.1. The van der Waals surface area contributed by atoms with E-state index in [0.717, 1.165) is 78.3 Å². The van der Waals surface area contributed by atoms with Crippen LogP contribution in [0.15, 0.2) is 52.9 Å². The molecule has 3 aromatic rings. The van der Waals surface area contributed by atoms with E-state index >= 15 is 0 Å². The zero-order valence-corrected chi connectivity index (χ0v) is 22.9. The van der Waals surface area contributed by atoms with Crippen molar-refractivity contribution in [2.75, 3.05) is 18.5 Å². The number of oxime groups is 2. The lowest BCUT2D eigenvalue weighted by atomic mass is 9.94. The van der Waals surface area contributed by atoms with E-state index in [9.17, 15) is 0 Å². The van der Waals surface area contributed by atoms with Crippen molar-refractivity contribution in [1.82, 2.24) is 15.0 Å². The number of benzene rings is 1. The predicted molar refractivity (Wildman–Crippen MR) is 150 cm³/mol. The van der Waals surface area contributed by atoms with E-state index in [1.165, 1.54) is 5.56 Å². The van der Waals surface area contributed by atoms with Crippen LogP contribution in [0.5, 0.6) is 0 Å². The molecule has 0 amide bonds. The van der Waals surface area contributed by atoms with Crippen molar-refractivity contribution in [3.05, 3.63) is 75.8 Å². The Morgan fingerprint density at radius 1 is 0.895 bits per heavy atom. The number of anilines is 2. The third kappa shape index (κ3) is 6.48. The van der Waals surface area contributed by atoms with Crippen LogP contribution in [0.3, 0.4) is 0 Å². The summed E-state index contributed by atoms with van der Waals surface area (Å²) in [5.41, 5.74) is 7.41. The molecule has 198 valence electrons. The summed E-state index contributed by atoms with van der Waals surface area (Å²) < 4.78 is 0.